The van der Waals surface area contributed by atoms with Crippen molar-refractivity contribution in [3.05, 3.63) is 75.2 Å². The van der Waals surface area contributed by atoms with Crippen molar-refractivity contribution in [1.29, 1.82) is 0 Å². The summed E-state index contributed by atoms with van der Waals surface area (Å²) in [4.78, 5) is 14.8. The summed E-state index contributed by atoms with van der Waals surface area (Å²) in [5, 5.41) is 5.92. The van der Waals surface area contributed by atoms with E-state index >= 15 is 0 Å². The van der Waals surface area contributed by atoms with Gasteiger partial charge in [0.25, 0.3) is 5.56 Å². The lowest BCUT2D eigenvalue weighted by molar-refractivity contribution is 0.334. The van der Waals surface area contributed by atoms with Crippen LogP contribution in [0, 0.1) is 0 Å². The summed E-state index contributed by atoms with van der Waals surface area (Å²) in [5.74, 6) is 0. The van der Waals surface area contributed by atoms with Gasteiger partial charge in [0, 0.05) is 23.6 Å². The van der Waals surface area contributed by atoms with E-state index in [1.165, 1.54) is 9.58 Å². The van der Waals surface area contributed by atoms with Gasteiger partial charge in [0.05, 0.1) is 17.1 Å². The molecular formula is C22H24ClN3O. The minimum Gasteiger partial charge on any atom is -0.306 e. The van der Waals surface area contributed by atoms with E-state index < -0.39 is 13.3 Å². The molecule has 5 heteroatoms. The van der Waals surface area contributed by atoms with E-state index in [0.29, 0.717) is 53.7 Å². The van der Waals surface area contributed by atoms with Crippen molar-refractivity contribution >= 4 is 22.4 Å². The van der Waals surface area contributed by atoms with Crippen molar-refractivity contribution in [3.63, 3.8) is 0 Å². The molecule has 0 bridgehead atoms. The standard InChI is InChI=1S/C22H24ClN3O/c1-25-13-4-5-18(12-14-25)26-22(27)20-7-3-2-6-19(20)21(24-26)15-16-8-10-17(23)11-9-16/h2-3,6-11,18H,4-5,12-15H2,1H3/i1D3,15D2. The molecule has 1 saturated heterocycles. The Morgan fingerprint density at radius 2 is 1.93 bits per heavy atom. The van der Waals surface area contributed by atoms with Crippen molar-refractivity contribution in [2.45, 2.75) is 31.7 Å². The zero-order valence-corrected chi connectivity index (χ0v) is 15.6. The average molecular weight is 387 g/mol. The van der Waals surface area contributed by atoms with Gasteiger partial charge in [-0.25, -0.2) is 4.68 Å². The van der Waals surface area contributed by atoms with Crippen molar-refractivity contribution < 1.29 is 6.85 Å². The fourth-order valence-electron chi connectivity index (χ4n) is 3.54. The third-order valence-electron chi connectivity index (χ3n) is 4.98. The van der Waals surface area contributed by atoms with Gasteiger partial charge in [-0.15, -0.1) is 0 Å². The average Bonchev–Trinajstić information content (AvgIpc) is 3.01. The largest absolute Gasteiger partial charge is 0.306 e. The smallest absolute Gasteiger partial charge is 0.274 e. The summed E-state index contributed by atoms with van der Waals surface area (Å²) in [6.45, 7) is -1.43. The van der Waals surface area contributed by atoms with Gasteiger partial charge in [0.15, 0.2) is 0 Å². The number of fused-ring (bicyclic) bond motifs is 1. The molecule has 140 valence electrons. The second-order valence-electron chi connectivity index (χ2n) is 6.85. The summed E-state index contributed by atoms with van der Waals surface area (Å²) in [7, 11) is 0. The van der Waals surface area contributed by atoms with E-state index in [-0.39, 0.29) is 17.3 Å². The minimum atomic E-state index is -2.17. The molecule has 1 aliphatic rings. The van der Waals surface area contributed by atoms with Crippen LogP contribution in [0.1, 0.15) is 43.4 Å². The van der Waals surface area contributed by atoms with Gasteiger partial charge in [-0.1, -0.05) is 41.9 Å². The molecule has 27 heavy (non-hydrogen) atoms. The highest BCUT2D eigenvalue weighted by Gasteiger charge is 2.21. The van der Waals surface area contributed by atoms with Crippen molar-refractivity contribution in [2.75, 3.05) is 20.1 Å². The number of hydrogen-bond donors (Lipinski definition) is 0. The number of nitrogens with zero attached hydrogens (tertiary/aromatic N) is 3. The lowest BCUT2D eigenvalue weighted by Gasteiger charge is -2.19. The third kappa shape index (κ3) is 3.92. The number of hydrogen-bond acceptors (Lipinski definition) is 3. The number of benzene rings is 2. The number of aromatic nitrogens is 2. The monoisotopic (exact) mass is 386 g/mol. The van der Waals surface area contributed by atoms with Crippen LogP contribution in [0.2, 0.25) is 5.02 Å². The molecule has 3 aromatic rings. The van der Waals surface area contributed by atoms with Gasteiger partial charge in [0.2, 0.25) is 0 Å². The Morgan fingerprint density at radius 1 is 1.15 bits per heavy atom. The minimum absolute atomic E-state index is 0.159. The number of halogens is 1. The van der Waals surface area contributed by atoms with Gasteiger partial charge in [-0.3, -0.25) is 4.79 Å². The molecule has 0 N–H and O–H groups in total. The Balaban J connectivity index is 1.82. The molecule has 0 spiro atoms. The predicted molar refractivity (Wildman–Crippen MR) is 111 cm³/mol. The first kappa shape index (κ1) is 13.1. The highest BCUT2D eigenvalue weighted by molar-refractivity contribution is 6.30. The predicted octanol–water partition coefficient (Wildman–Crippen LogP) is 4.30. The van der Waals surface area contributed by atoms with Gasteiger partial charge in [0.1, 0.15) is 0 Å². The maximum absolute atomic E-state index is 13.3. The van der Waals surface area contributed by atoms with Gasteiger partial charge in [-0.05, 0) is 63.1 Å². The van der Waals surface area contributed by atoms with Crippen LogP contribution in [-0.4, -0.2) is 34.7 Å². The van der Waals surface area contributed by atoms with Crippen molar-refractivity contribution in [1.82, 2.24) is 14.7 Å². The molecule has 0 amide bonds. The summed E-state index contributed by atoms with van der Waals surface area (Å²) >= 11 is 5.98. The molecule has 1 aromatic heterocycles. The summed E-state index contributed by atoms with van der Waals surface area (Å²) in [6.07, 6.45) is -0.299. The van der Waals surface area contributed by atoms with Gasteiger partial charge >= 0.3 is 0 Å². The van der Waals surface area contributed by atoms with Crippen molar-refractivity contribution in [3.8, 4) is 0 Å². The van der Waals surface area contributed by atoms with Crippen LogP contribution in [0.25, 0.3) is 10.8 Å². The fourth-order valence-corrected chi connectivity index (χ4v) is 3.67. The van der Waals surface area contributed by atoms with E-state index in [0.717, 1.165) is 0 Å². The molecule has 2 aromatic carbocycles. The van der Waals surface area contributed by atoms with Gasteiger partial charge < -0.3 is 4.90 Å². The van der Waals surface area contributed by atoms with E-state index in [2.05, 4.69) is 5.10 Å². The summed E-state index contributed by atoms with van der Waals surface area (Å²) in [6, 6.07) is 13.1. The highest BCUT2D eigenvalue weighted by atomic mass is 35.5. The SMILES string of the molecule is [2H]C([2H])(c1ccc(Cl)cc1)c1nn(C2CCCN(C([2H])([2H])[2H])CC2)c(=O)c2ccccc12. The fraction of sp³-hybridized carbons (Fsp3) is 0.364. The zero-order chi connectivity index (χ0) is 23.1. The zero-order valence-electron chi connectivity index (χ0n) is 19.9. The lowest BCUT2D eigenvalue weighted by Crippen LogP contribution is -2.29. The molecule has 0 radical (unpaired) electrons. The van der Waals surface area contributed by atoms with Crippen LogP contribution in [0.15, 0.2) is 53.3 Å². The Kier molecular flexibility index (Phi) is 3.79. The Hall–Kier alpha value is -2.17. The second-order valence-corrected chi connectivity index (χ2v) is 7.28. The molecule has 1 fully saturated rings. The molecular weight excluding hydrogens is 358 g/mol. The van der Waals surface area contributed by atoms with Gasteiger partial charge in [-0.2, -0.15) is 5.10 Å². The van der Waals surface area contributed by atoms with E-state index in [9.17, 15) is 4.79 Å². The molecule has 2 heterocycles. The maximum Gasteiger partial charge on any atom is 0.274 e. The van der Waals surface area contributed by atoms with Crippen LogP contribution < -0.4 is 5.56 Å². The van der Waals surface area contributed by atoms with Crippen LogP contribution in [0.3, 0.4) is 0 Å². The summed E-state index contributed by atoms with van der Waals surface area (Å²) < 4.78 is 42.2. The van der Waals surface area contributed by atoms with Crippen LogP contribution >= 0.6 is 11.6 Å². The van der Waals surface area contributed by atoms with Crippen molar-refractivity contribution in [2.24, 2.45) is 0 Å². The molecule has 4 rings (SSSR count). The summed E-state index contributed by atoms with van der Waals surface area (Å²) in [5.41, 5.74) is 0.259. The first-order valence-electron chi connectivity index (χ1n) is 11.6. The van der Waals surface area contributed by atoms with Crippen LogP contribution in [-0.2, 0) is 6.37 Å². The molecule has 1 aliphatic heterocycles. The first-order chi connectivity index (χ1) is 15.1. The van der Waals surface area contributed by atoms with Crippen LogP contribution in [0.5, 0.6) is 0 Å². The topological polar surface area (TPSA) is 38.1 Å². The number of likely N-dealkylation sites (tertiary alicyclic amines) is 1. The Bertz CT molecular complexity index is 1180. The normalized spacial score (nSPS) is 22.3. The molecule has 0 aliphatic carbocycles. The highest BCUT2D eigenvalue weighted by Crippen LogP contribution is 2.23. The first-order valence-corrected chi connectivity index (χ1v) is 9.50. The van der Waals surface area contributed by atoms with E-state index in [1.54, 1.807) is 48.5 Å². The Morgan fingerprint density at radius 3 is 2.70 bits per heavy atom. The molecule has 4 nitrogen and oxygen atoms in total. The number of rotatable bonds is 3. The quantitative estimate of drug-likeness (QED) is 0.673. The van der Waals surface area contributed by atoms with E-state index in [1.807, 2.05) is 0 Å². The lowest BCUT2D eigenvalue weighted by atomic mass is 10.0. The van der Waals surface area contributed by atoms with Crippen LogP contribution in [0.4, 0.5) is 0 Å². The molecule has 1 unspecified atom stereocenters. The second kappa shape index (κ2) is 7.83. The molecule has 0 saturated carbocycles. The Labute approximate surface area is 171 Å². The maximum atomic E-state index is 13.3. The van der Waals surface area contributed by atoms with E-state index in [4.69, 9.17) is 18.5 Å². The molecule has 1 atom stereocenters. The third-order valence-corrected chi connectivity index (χ3v) is 5.23.